The summed E-state index contributed by atoms with van der Waals surface area (Å²) in [6, 6.07) is 0. The van der Waals surface area contributed by atoms with Crippen molar-refractivity contribution in [2.75, 3.05) is 36.2 Å². The molecule has 0 saturated heterocycles. The lowest BCUT2D eigenvalue weighted by molar-refractivity contribution is -0.137. The van der Waals surface area contributed by atoms with Gasteiger partial charge in [0.25, 0.3) is 0 Å². The van der Waals surface area contributed by atoms with E-state index in [9.17, 15) is 19.2 Å². The number of thiol groups is 4. The fourth-order valence-electron chi connectivity index (χ4n) is 0.440. The Morgan fingerprint density at radius 1 is 0.533 bits per heavy atom. The second-order valence-corrected chi connectivity index (χ2v) is 6.28. The first-order valence-electron chi connectivity index (χ1n) is 8.10. The fourth-order valence-corrected chi connectivity index (χ4v) is 1.21. The van der Waals surface area contributed by atoms with Crippen molar-refractivity contribution in [1.82, 2.24) is 0 Å². The molecule has 0 aliphatic rings. The van der Waals surface area contributed by atoms with Crippen molar-refractivity contribution < 1.29 is 54.9 Å². The third-order valence-electron chi connectivity index (χ3n) is 1.72. The maximum Gasteiger partial charge on any atom is 0.304 e. The van der Waals surface area contributed by atoms with Gasteiger partial charge in [-0.3, -0.25) is 19.2 Å². The predicted octanol–water partition coefficient (Wildman–Crippen LogP) is -0.104. The Morgan fingerprint density at radius 3 is 0.700 bits per heavy atom. The van der Waals surface area contributed by atoms with Crippen LogP contribution in [0.2, 0.25) is 0 Å². The van der Waals surface area contributed by atoms with Crippen LogP contribution in [0.5, 0.6) is 0 Å². The summed E-state index contributed by atoms with van der Waals surface area (Å²) in [6.45, 7) is -0.729. The topological polar surface area (TPSA) is 210 Å². The summed E-state index contributed by atoms with van der Waals surface area (Å²) in [7, 11) is 0. The zero-order valence-corrected chi connectivity index (χ0v) is 19.8. The van der Waals surface area contributed by atoms with Gasteiger partial charge in [0, 0.05) is 23.0 Å². The molecule has 182 valence electrons. The number of hydrogen-bond acceptors (Lipinski definition) is 11. The maximum absolute atomic E-state index is 9.55. The summed E-state index contributed by atoms with van der Waals surface area (Å²) in [6.07, 6.45) is -0.330. The summed E-state index contributed by atoms with van der Waals surface area (Å²) in [5, 5.41) is 55.5. The predicted molar refractivity (Wildman–Crippen MR) is 125 cm³/mol. The number of rotatable bonds is 10. The van der Waals surface area contributed by atoms with Crippen LogP contribution in [-0.4, -0.2) is 102 Å². The second-order valence-electron chi connectivity index (χ2n) is 4.49. The molecule has 0 aliphatic heterocycles. The molecule has 7 N–H and O–H groups in total. The van der Waals surface area contributed by atoms with E-state index in [0.717, 1.165) is 0 Å². The average Bonchev–Trinajstić information content (AvgIpc) is 2.62. The Hall–Kier alpha value is -0.840. The van der Waals surface area contributed by atoms with Crippen LogP contribution in [0.3, 0.4) is 0 Å². The highest BCUT2D eigenvalue weighted by atomic mass is 32.1. The Labute approximate surface area is 197 Å². The minimum absolute atomic E-state index is 0.156. The SMILES string of the molecule is O=C(O)CCS.O=C(O)CCS.O=C(O)CCS.O=C(O)CCS.OCC(O)CO. The lowest BCUT2D eigenvalue weighted by Crippen LogP contribution is -2.15. The summed E-state index contributed by atoms with van der Waals surface area (Å²) in [5.41, 5.74) is 0. The zero-order valence-electron chi connectivity index (χ0n) is 16.2. The number of aliphatic hydroxyl groups is 3. The average molecular weight is 517 g/mol. The van der Waals surface area contributed by atoms with E-state index in [2.05, 4.69) is 50.5 Å². The molecule has 15 heteroatoms. The van der Waals surface area contributed by atoms with Gasteiger partial charge in [-0.1, -0.05) is 0 Å². The lowest BCUT2D eigenvalue weighted by atomic mass is 10.4. The third kappa shape index (κ3) is 80.9. The van der Waals surface area contributed by atoms with Crippen molar-refractivity contribution in [3.63, 3.8) is 0 Å². The minimum Gasteiger partial charge on any atom is -0.481 e. The number of carboxylic acids is 4. The molecule has 0 aromatic heterocycles. The van der Waals surface area contributed by atoms with Crippen LogP contribution in [0.1, 0.15) is 25.7 Å². The van der Waals surface area contributed by atoms with Crippen LogP contribution in [-0.2, 0) is 19.2 Å². The number of aliphatic carboxylic acids is 4. The van der Waals surface area contributed by atoms with Gasteiger partial charge in [0.15, 0.2) is 0 Å². The molecule has 0 bridgehead atoms. The van der Waals surface area contributed by atoms with Gasteiger partial charge in [0.05, 0.1) is 38.9 Å². The van der Waals surface area contributed by atoms with E-state index in [4.69, 9.17) is 35.7 Å². The summed E-state index contributed by atoms with van der Waals surface area (Å²) in [4.78, 5) is 38.2. The van der Waals surface area contributed by atoms with E-state index in [0.29, 0.717) is 23.0 Å². The molecule has 0 unspecified atom stereocenters. The number of carbonyl (C=O) groups is 4. The normalized spacial score (nSPS) is 8.53. The van der Waals surface area contributed by atoms with Crippen molar-refractivity contribution in [1.29, 1.82) is 0 Å². The molecule has 0 saturated carbocycles. The van der Waals surface area contributed by atoms with Gasteiger partial charge in [0.2, 0.25) is 0 Å². The molecule has 0 radical (unpaired) electrons. The summed E-state index contributed by atoms with van der Waals surface area (Å²) < 4.78 is 0. The number of carboxylic acid groups (broad SMARTS) is 4. The smallest absolute Gasteiger partial charge is 0.304 e. The van der Waals surface area contributed by atoms with Crippen LogP contribution < -0.4 is 0 Å². The number of aliphatic hydroxyl groups excluding tert-OH is 3. The molecule has 0 rings (SSSR count). The minimum atomic E-state index is -0.954. The molecular weight excluding hydrogens is 484 g/mol. The van der Waals surface area contributed by atoms with E-state index in [1.807, 2.05) is 0 Å². The molecule has 0 heterocycles. The van der Waals surface area contributed by atoms with Gasteiger partial charge >= 0.3 is 23.9 Å². The van der Waals surface area contributed by atoms with Gasteiger partial charge < -0.3 is 35.7 Å². The molecule has 0 fully saturated rings. The standard InChI is InChI=1S/C3H8O3.4C3H6O2S/c4-1-3(6)2-5;4*4-3(5)1-2-6/h3-6H,1-2H2;4*6H,1-2H2,(H,4,5). The summed E-state index contributed by atoms with van der Waals surface area (Å²) in [5.74, 6) is -1.44. The highest BCUT2D eigenvalue weighted by Crippen LogP contribution is 1.81. The van der Waals surface area contributed by atoms with Gasteiger partial charge in [-0.25, -0.2) is 0 Å². The van der Waals surface area contributed by atoms with Crippen molar-refractivity contribution >= 4 is 74.4 Å². The highest BCUT2D eigenvalue weighted by Gasteiger charge is 1.94. The van der Waals surface area contributed by atoms with E-state index < -0.39 is 30.0 Å². The molecule has 0 atom stereocenters. The van der Waals surface area contributed by atoms with Crippen molar-refractivity contribution in [3.05, 3.63) is 0 Å². The van der Waals surface area contributed by atoms with E-state index in [1.54, 1.807) is 0 Å². The molecule has 0 aromatic carbocycles. The summed E-state index contributed by atoms with van der Waals surface area (Å²) >= 11 is 14.7. The second kappa shape index (κ2) is 35.6. The van der Waals surface area contributed by atoms with Crippen molar-refractivity contribution in [3.8, 4) is 0 Å². The molecule has 0 aliphatic carbocycles. The first kappa shape index (κ1) is 39.6. The van der Waals surface area contributed by atoms with Crippen LogP contribution in [0.4, 0.5) is 0 Å². The molecule has 0 spiro atoms. The van der Waals surface area contributed by atoms with Crippen LogP contribution in [0, 0.1) is 0 Å². The largest absolute Gasteiger partial charge is 0.481 e. The third-order valence-corrected chi connectivity index (χ3v) is 2.62. The van der Waals surface area contributed by atoms with Crippen molar-refractivity contribution in [2.45, 2.75) is 31.8 Å². The van der Waals surface area contributed by atoms with E-state index in [1.165, 1.54) is 0 Å². The van der Waals surface area contributed by atoms with E-state index in [-0.39, 0.29) is 38.9 Å². The molecule has 11 nitrogen and oxygen atoms in total. The zero-order chi connectivity index (χ0) is 25.0. The highest BCUT2D eigenvalue weighted by molar-refractivity contribution is 7.80. The molecule has 30 heavy (non-hydrogen) atoms. The quantitative estimate of drug-likeness (QED) is 0.173. The Bertz CT molecular complexity index is 344. The van der Waals surface area contributed by atoms with Gasteiger partial charge in [-0.2, -0.15) is 50.5 Å². The first-order chi connectivity index (χ1) is 13.9. The first-order valence-corrected chi connectivity index (χ1v) is 10.6. The molecule has 0 amide bonds. The Balaban J connectivity index is -0.0000000868. The van der Waals surface area contributed by atoms with Gasteiger partial charge in [-0.15, -0.1) is 0 Å². The Morgan fingerprint density at radius 2 is 0.700 bits per heavy atom. The van der Waals surface area contributed by atoms with Crippen LogP contribution in [0.15, 0.2) is 0 Å². The molecular formula is C15H32O11S4. The number of hydrogen-bond donors (Lipinski definition) is 11. The van der Waals surface area contributed by atoms with E-state index >= 15 is 0 Å². The van der Waals surface area contributed by atoms with Crippen LogP contribution in [0.25, 0.3) is 0 Å². The Kier molecular flexibility index (Phi) is 47.0. The lowest BCUT2D eigenvalue weighted by Gasteiger charge is -1.96. The monoisotopic (exact) mass is 516 g/mol. The molecule has 0 aromatic rings. The van der Waals surface area contributed by atoms with Gasteiger partial charge in [-0.05, 0) is 0 Å². The fraction of sp³-hybridized carbons (Fsp3) is 0.733. The van der Waals surface area contributed by atoms with Crippen molar-refractivity contribution in [2.24, 2.45) is 0 Å². The maximum atomic E-state index is 9.55. The van der Waals surface area contributed by atoms with Crippen LogP contribution >= 0.6 is 50.5 Å². The van der Waals surface area contributed by atoms with Gasteiger partial charge in [0.1, 0.15) is 6.10 Å².